The molecule has 3 aromatic rings. The molecule has 164 valence electrons. The van der Waals surface area contributed by atoms with E-state index in [9.17, 15) is 9.18 Å². The van der Waals surface area contributed by atoms with E-state index in [-0.39, 0.29) is 18.3 Å². The second kappa shape index (κ2) is 9.12. The van der Waals surface area contributed by atoms with Crippen LogP contribution in [0.4, 0.5) is 15.8 Å². The van der Waals surface area contributed by atoms with Crippen molar-refractivity contribution in [3.8, 4) is 17.0 Å². The third-order valence-electron chi connectivity index (χ3n) is 5.80. The van der Waals surface area contributed by atoms with Crippen LogP contribution in [0, 0.1) is 5.82 Å². The summed E-state index contributed by atoms with van der Waals surface area (Å²) in [7, 11) is 0. The van der Waals surface area contributed by atoms with Crippen molar-refractivity contribution >= 4 is 28.6 Å². The predicted octanol–water partition coefficient (Wildman–Crippen LogP) is 5.81. The second-order valence-corrected chi connectivity index (χ2v) is 8.89. The Morgan fingerprint density at radius 3 is 2.84 bits per heavy atom. The molecule has 5 rings (SSSR count). The van der Waals surface area contributed by atoms with E-state index >= 15 is 0 Å². The summed E-state index contributed by atoms with van der Waals surface area (Å²) in [6.07, 6.45) is 8.20. The topological polar surface area (TPSA) is 55.6 Å². The summed E-state index contributed by atoms with van der Waals surface area (Å²) in [6, 6.07) is 12.1. The van der Waals surface area contributed by atoms with E-state index < -0.39 is 0 Å². The van der Waals surface area contributed by atoms with Crippen molar-refractivity contribution in [2.75, 3.05) is 11.9 Å². The van der Waals surface area contributed by atoms with Crippen LogP contribution < -0.4 is 14.9 Å². The molecular formula is C25H24FN3O2S. The molecule has 2 heterocycles. The molecule has 0 spiro atoms. The first-order chi connectivity index (χ1) is 15.7. The van der Waals surface area contributed by atoms with Crippen molar-refractivity contribution in [3.05, 3.63) is 70.1 Å². The summed E-state index contributed by atoms with van der Waals surface area (Å²) in [4.78, 5) is 17.4. The van der Waals surface area contributed by atoms with Gasteiger partial charge in [-0.1, -0.05) is 11.6 Å². The van der Waals surface area contributed by atoms with Crippen molar-refractivity contribution in [1.29, 1.82) is 0 Å². The highest BCUT2D eigenvalue weighted by Crippen LogP contribution is 2.33. The molecule has 0 saturated carbocycles. The fraction of sp³-hybridized carbons (Fsp3) is 0.280. The lowest BCUT2D eigenvalue weighted by Crippen LogP contribution is -2.25. The van der Waals surface area contributed by atoms with Gasteiger partial charge in [0, 0.05) is 17.5 Å². The Morgan fingerprint density at radius 1 is 1.16 bits per heavy atom. The molecule has 2 aliphatic rings. The lowest BCUT2D eigenvalue weighted by atomic mass is 9.97. The molecule has 0 radical (unpaired) electrons. The number of carbonyl (C=O) groups excluding carboxylic acids is 1. The first-order valence-electron chi connectivity index (χ1n) is 10.9. The van der Waals surface area contributed by atoms with Crippen LogP contribution in [0.25, 0.3) is 11.3 Å². The van der Waals surface area contributed by atoms with Gasteiger partial charge in [-0.05, 0) is 74.6 Å². The Morgan fingerprint density at radius 2 is 2.03 bits per heavy atom. The first kappa shape index (κ1) is 20.7. The molecule has 0 saturated heterocycles. The van der Waals surface area contributed by atoms with E-state index in [0.717, 1.165) is 47.6 Å². The Labute approximate surface area is 189 Å². The number of hydrogen-bond acceptors (Lipinski definition) is 4. The number of ether oxygens (including phenoxy) is 1. The van der Waals surface area contributed by atoms with Gasteiger partial charge >= 0.3 is 0 Å². The highest BCUT2D eigenvalue weighted by Gasteiger charge is 2.18. The number of carbonyl (C=O) groups is 1. The molecule has 0 bridgehead atoms. The zero-order valence-electron chi connectivity index (χ0n) is 17.6. The molecule has 32 heavy (non-hydrogen) atoms. The van der Waals surface area contributed by atoms with Gasteiger partial charge in [-0.2, -0.15) is 0 Å². The smallest absolute Gasteiger partial charge is 0.262 e. The normalized spacial score (nSPS) is 16.2. The summed E-state index contributed by atoms with van der Waals surface area (Å²) in [5.74, 6) is 0.258. The van der Waals surface area contributed by atoms with Crippen molar-refractivity contribution < 1.29 is 13.9 Å². The van der Waals surface area contributed by atoms with Gasteiger partial charge in [0.25, 0.3) is 5.91 Å². The minimum atomic E-state index is -0.272. The molecule has 5 nitrogen and oxygen atoms in total. The number of allylic oxidation sites excluding steroid dienone is 2. The molecule has 1 aliphatic heterocycles. The fourth-order valence-electron chi connectivity index (χ4n) is 4.12. The van der Waals surface area contributed by atoms with Crippen molar-refractivity contribution in [2.45, 2.75) is 38.6 Å². The molecule has 1 N–H and O–H groups in total. The lowest BCUT2D eigenvalue weighted by Gasteiger charge is -2.19. The molecule has 1 amide bonds. The standard InChI is InChI=1S/C25H24FN3O2S/c26-19-7-9-20(10-8-19)27-25-29(13-12-17-4-2-1-3-5-17)22(16-32-25)18-6-11-23-21(14-18)28-24(30)15-31-23/h4,6-11,14,16H,1-3,5,12-13,15H2,(H,28,30). The number of amides is 1. The number of nitrogens with one attached hydrogen (secondary N) is 1. The number of aromatic nitrogens is 1. The third-order valence-corrected chi connectivity index (χ3v) is 6.66. The average molecular weight is 450 g/mol. The van der Waals surface area contributed by atoms with Crippen LogP contribution in [0.2, 0.25) is 0 Å². The molecule has 1 aliphatic carbocycles. The van der Waals surface area contributed by atoms with Gasteiger partial charge in [-0.3, -0.25) is 4.79 Å². The third kappa shape index (κ3) is 4.53. The Kier molecular flexibility index (Phi) is 5.90. The number of thiazole rings is 1. The summed E-state index contributed by atoms with van der Waals surface area (Å²) >= 11 is 1.56. The van der Waals surface area contributed by atoms with Crippen LogP contribution in [-0.4, -0.2) is 17.1 Å². The maximum absolute atomic E-state index is 13.3. The van der Waals surface area contributed by atoms with Crippen LogP contribution in [0.1, 0.15) is 32.1 Å². The van der Waals surface area contributed by atoms with Crippen molar-refractivity contribution in [2.24, 2.45) is 4.99 Å². The fourth-order valence-corrected chi connectivity index (χ4v) is 5.08. The van der Waals surface area contributed by atoms with Gasteiger partial charge in [0.1, 0.15) is 11.6 Å². The van der Waals surface area contributed by atoms with Crippen molar-refractivity contribution in [3.63, 3.8) is 0 Å². The molecule has 1 aromatic heterocycles. The molecule has 2 aromatic carbocycles. The van der Waals surface area contributed by atoms with Gasteiger partial charge in [-0.25, -0.2) is 9.38 Å². The lowest BCUT2D eigenvalue weighted by molar-refractivity contribution is -0.118. The number of fused-ring (bicyclic) bond motifs is 1. The number of anilines is 1. The monoisotopic (exact) mass is 449 g/mol. The molecule has 0 unspecified atom stereocenters. The van der Waals surface area contributed by atoms with Crippen LogP contribution in [0.3, 0.4) is 0 Å². The Hall–Kier alpha value is -3.19. The zero-order valence-corrected chi connectivity index (χ0v) is 18.5. The predicted molar refractivity (Wildman–Crippen MR) is 125 cm³/mol. The second-order valence-electron chi connectivity index (χ2n) is 8.05. The Bertz CT molecular complexity index is 1240. The van der Waals surface area contributed by atoms with E-state index in [2.05, 4.69) is 21.3 Å². The summed E-state index contributed by atoms with van der Waals surface area (Å²) in [5.41, 5.74) is 4.93. The number of nitrogens with zero attached hydrogens (tertiary/aromatic N) is 2. The van der Waals surface area contributed by atoms with Gasteiger partial charge < -0.3 is 14.6 Å². The summed E-state index contributed by atoms with van der Waals surface area (Å²) in [5, 5.41) is 4.98. The Balaban J connectivity index is 1.54. The minimum Gasteiger partial charge on any atom is -0.482 e. The molecule has 0 atom stereocenters. The number of hydrogen-bond donors (Lipinski definition) is 1. The van der Waals surface area contributed by atoms with E-state index in [4.69, 9.17) is 9.73 Å². The summed E-state index contributed by atoms with van der Waals surface area (Å²) < 4.78 is 21.1. The molecular weight excluding hydrogens is 425 g/mol. The van der Waals surface area contributed by atoms with Gasteiger partial charge in [0.05, 0.1) is 17.1 Å². The summed E-state index contributed by atoms with van der Waals surface area (Å²) in [6.45, 7) is 0.852. The maximum atomic E-state index is 13.3. The SMILES string of the molecule is O=C1COc2ccc(-c3csc(=Nc4ccc(F)cc4)n3CCC3=CCCCC3)cc2N1. The van der Waals surface area contributed by atoms with Crippen molar-refractivity contribution in [1.82, 2.24) is 4.57 Å². The first-order valence-corrected chi connectivity index (χ1v) is 11.8. The molecule has 7 heteroatoms. The number of rotatable bonds is 5. The van der Waals surface area contributed by atoms with Crippen LogP contribution in [-0.2, 0) is 11.3 Å². The van der Waals surface area contributed by atoms with E-state index in [0.29, 0.717) is 11.4 Å². The highest BCUT2D eigenvalue weighted by molar-refractivity contribution is 7.07. The molecule has 0 fully saturated rings. The average Bonchev–Trinajstić information content (AvgIpc) is 3.21. The van der Waals surface area contributed by atoms with E-state index in [1.54, 1.807) is 23.5 Å². The zero-order chi connectivity index (χ0) is 21.9. The highest BCUT2D eigenvalue weighted by atomic mass is 32.1. The van der Waals surface area contributed by atoms with Crippen LogP contribution >= 0.6 is 11.3 Å². The van der Waals surface area contributed by atoms with E-state index in [1.165, 1.54) is 30.5 Å². The van der Waals surface area contributed by atoms with Gasteiger partial charge in [0.15, 0.2) is 11.4 Å². The quantitative estimate of drug-likeness (QED) is 0.500. The van der Waals surface area contributed by atoms with E-state index in [1.807, 2.05) is 18.2 Å². The maximum Gasteiger partial charge on any atom is 0.262 e. The van der Waals surface area contributed by atoms with Gasteiger partial charge in [0.2, 0.25) is 0 Å². The largest absolute Gasteiger partial charge is 0.482 e. The minimum absolute atomic E-state index is 0.0423. The number of halogens is 1. The van der Waals surface area contributed by atoms with Gasteiger partial charge in [-0.15, -0.1) is 11.3 Å². The van der Waals surface area contributed by atoms with Crippen LogP contribution in [0.15, 0.2) is 64.5 Å². The number of benzene rings is 2. The van der Waals surface area contributed by atoms with Crippen LogP contribution in [0.5, 0.6) is 5.75 Å².